The standard InChI is InChI=1S/C19H24N4O5/c1-5-27-17(28-6-2)12-9-7-11(8-10-12)14-13-15(21-18(25)20-14)22(3)19(26)23(4)16(13)24/h7-10,14,17H,5-6H2,1-4H3,(H2,20,21,25). The highest BCUT2D eigenvalue weighted by Crippen LogP contribution is 2.29. The molecule has 1 aliphatic rings. The molecule has 0 radical (unpaired) electrons. The fourth-order valence-corrected chi connectivity index (χ4v) is 3.27. The lowest BCUT2D eigenvalue weighted by atomic mass is 9.97. The fraction of sp³-hybridized carbons (Fsp3) is 0.421. The summed E-state index contributed by atoms with van der Waals surface area (Å²) >= 11 is 0. The van der Waals surface area contributed by atoms with E-state index in [2.05, 4.69) is 10.6 Å². The molecule has 2 N–H and O–H groups in total. The minimum absolute atomic E-state index is 0.201. The zero-order chi connectivity index (χ0) is 20.4. The third-order valence-electron chi connectivity index (χ3n) is 4.67. The Hall–Kier alpha value is -2.91. The van der Waals surface area contributed by atoms with Gasteiger partial charge in [-0.15, -0.1) is 0 Å². The van der Waals surface area contributed by atoms with Gasteiger partial charge in [0, 0.05) is 32.9 Å². The molecule has 0 fully saturated rings. The second kappa shape index (κ2) is 7.99. The van der Waals surface area contributed by atoms with E-state index in [4.69, 9.17) is 9.47 Å². The average molecular weight is 388 g/mol. The zero-order valence-electron chi connectivity index (χ0n) is 16.3. The first-order valence-electron chi connectivity index (χ1n) is 9.09. The Bertz CT molecular complexity index is 987. The number of nitrogens with zero attached hydrogens (tertiary/aromatic N) is 2. The van der Waals surface area contributed by atoms with Crippen molar-refractivity contribution in [2.24, 2.45) is 14.1 Å². The SMILES string of the molecule is CCOC(OCC)c1ccc(C2NC(=O)Nc3c2c(=O)n(C)c(=O)n3C)cc1. The van der Waals surface area contributed by atoms with E-state index in [0.717, 1.165) is 10.1 Å². The number of hydrogen-bond acceptors (Lipinski definition) is 5. The van der Waals surface area contributed by atoms with Gasteiger partial charge in [0.25, 0.3) is 5.56 Å². The van der Waals surface area contributed by atoms with Crippen molar-refractivity contribution in [1.82, 2.24) is 14.5 Å². The lowest BCUT2D eigenvalue weighted by molar-refractivity contribution is -0.140. The van der Waals surface area contributed by atoms with E-state index in [1.165, 1.54) is 18.7 Å². The van der Waals surface area contributed by atoms with Gasteiger partial charge in [-0.25, -0.2) is 9.59 Å². The second-order valence-corrected chi connectivity index (χ2v) is 6.41. The van der Waals surface area contributed by atoms with Crippen LogP contribution in [0.25, 0.3) is 0 Å². The number of nitrogens with one attached hydrogen (secondary N) is 2. The van der Waals surface area contributed by atoms with Gasteiger partial charge in [0.05, 0.1) is 11.6 Å². The van der Waals surface area contributed by atoms with Crippen molar-refractivity contribution in [2.75, 3.05) is 18.5 Å². The number of rotatable bonds is 6. The number of carbonyl (C=O) groups is 1. The van der Waals surface area contributed by atoms with E-state index >= 15 is 0 Å². The van der Waals surface area contributed by atoms with E-state index < -0.39 is 29.6 Å². The van der Waals surface area contributed by atoms with Crippen molar-refractivity contribution in [3.05, 3.63) is 61.8 Å². The van der Waals surface area contributed by atoms with Crippen LogP contribution in [-0.2, 0) is 23.6 Å². The summed E-state index contributed by atoms with van der Waals surface area (Å²) < 4.78 is 13.5. The molecular weight excluding hydrogens is 364 g/mol. The van der Waals surface area contributed by atoms with Crippen molar-refractivity contribution >= 4 is 11.8 Å². The Balaban J connectivity index is 2.05. The van der Waals surface area contributed by atoms with Crippen molar-refractivity contribution in [2.45, 2.75) is 26.2 Å². The molecule has 1 atom stereocenters. The third-order valence-corrected chi connectivity index (χ3v) is 4.67. The van der Waals surface area contributed by atoms with Crippen LogP contribution in [0.15, 0.2) is 33.9 Å². The molecule has 9 nitrogen and oxygen atoms in total. The van der Waals surface area contributed by atoms with Gasteiger partial charge >= 0.3 is 11.7 Å². The highest BCUT2D eigenvalue weighted by molar-refractivity contribution is 5.92. The number of fused-ring (bicyclic) bond motifs is 1. The van der Waals surface area contributed by atoms with Gasteiger partial charge in [-0.3, -0.25) is 19.2 Å². The Morgan fingerprint density at radius 1 is 1.00 bits per heavy atom. The molecule has 2 amide bonds. The van der Waals surface area contributed by atoms with Crippen LogP contribution in [0.1, 0.15) is 42.9 Å². The molecule has 1 unspecified atom stereocenters. The van der Waals surface area contributed by atoms with Crippen molar-refractivity contribution in [3.8, 4) is 0 Å². The maximum absolute atomic E-state index is 12.7. The van der Waals surface area contributed by atoms with Crippen LogP contribution in [0, 0.1) is 0 Å². The van der Waals surface area contributed by atoms with Gasteiger partial charge in [-0.05, 0) is 19.4 Å². The van der Waals surface area contributed by atoms with E-state index in [0.29, 0.717) is 24.3 Å². The molecule has 0 saturated heterocycles. The minimum atomic E-state index is -0.680. The molecule has 0 saturated carbocycles. The van der Waals surface area contributed by atoms with Crippen molar-refractivity contribution < 1.29 is 14.3 Å². The topological polar surface area (TPSA) is 104 Å². The molecule has 9 heteroatoms. The van der Waals surface area contributed by atoms with Gasteiger partial charge in [-0.2, -0.15) is 0 Å². The highest BCUT2D eigenvalue weighted by Gasteiger charge is 2.31. The van der Waals surface area contributed by atoms with Crippen LogP contribution in [0.2, 0.25) is 0 Å². The molecule has 3 rings (SSSR count). The van der Waals surface area contributed by atoms with Gasteiger partial charge in [0.2, 0.25) is 0 Å². The first-order chi connectivity index (χ1) is 13.4. The lowest BCUT2D eigenvalue weighted by Gasteiger charge is -2.28. The van der Waals surface area contributed by atoms with Crippen LogP contribution < -0.4 is 21.9 Å². The maximum atomic E-state index is 12.7. The summed E-state index contributed by atoms with van der Waals surface area (Å²) in [7, 11) is 2.93. The Morgan fingerprint density at radius 2 is 1.61 bits per heavy atom. The lowest BCUT2D eigenvalue weighted by Crippen LogP contribution is -2.49. The number of amides is 2. The van der Waals surface area contributed by atoms with E-state index in [1.807, 2.05) is 38.1 Å². The number of benzene rings is 1. The van der Waals surface area contributed by atoms with E-state index in [9.17, 15) is 14.4 Å². The molecule has 150 valence electrons. The number of urea groups is 1. The van der Waals surface area contributed by atoms with Crippen LogP contribution in [0.3, 0.4) is 0 Å². The average Bonchev–Trinajstić information content (AvgIpc) is 2.70. The monoisotopic (exact) mass is 388 g/mol. The Morgan fingerprint density at radius 3 is 2.18 bits per heavy atom. The maximum Gasteiger partial charge on any atom is 0.332 e. The summed E-state index contributed by atoms with van der Waals surface area (Å²) in [6.45, 7) is 4.80. The predicted octanol–water partition coefficient (Wildman–Crippen LogP) is 1.38. The molecule has 0 spiro atoms. The minimum Gasteiger partial charge on any atom is -0.349 e. The largest absolute Gasteiger partial charge is 0.349 e. The molecule has 1 aromatic heterocycles. The molecule has 28 heavy (non-hydrogen) atoms. The van der Waals surface area contributed by atoms with Crippen LogP contribution in [0.4, 0.5) is 10.6 Å². The third kappa shape index (κ3) is 3.46. The quantitative estimate of drug-likeness (QED) is 0.728. The summed E-state index contributed by atoms with van der Waals surface area (Å²) in [5.74, 6) is 0.201. The predicted molar refractivity (Wildman–Crippen MR) is 103 cm³/mol. The van der Waals surface area contributed by atoms with Crippen LogP contribution in [-0.4, -0.2) is 28.4 Å². The number of aromatic nitrogens is 2. The molecule has 0 aliphatic carbocycles. The van der Waals surface area contributed by atoms with Gasteiger partial charge in [0.15, 0.2) is 6.29 Å². The number of ether oxygens (including phenoxy) is 2. The summed E-state index contributed by atoms with van der Waals surface area (Å²) in [6.07, 6.45) is -0.479. The van der Waals surface area contributed by atoms with E-state index in [1.54, 1.807) is 0 Å². The first kappa shape index (κ1) is 19.8. The van der Waals surface area contributed by atoms with Crippen molar-refractivity contribution in [1.29, 1.82) is 0 Å². The number of hydrogen-bond donors (Lipinski definition) is 2. The second-order valence-electron chi connectivity index (χ2n) is 6.41. The molecule has 2 heterocycles. The molecule has 1 aliphatic heterocycles. The van der Waals surface area contributed by atoms with E-state index in [-0.39, 0.29) is 5.82 Å². The molecular formula is C19H24N4O5. The van der Waals surface area contributed by atoms with Gasteiger partial charge < -0.3 is 14.8 Å². The van der Waals surface area contributed by atoms with Crippen LogP contribution in [0.5, 0.6) is 0 Å². The molecule has 2 aromatic rings. The van der Waals surface area contributed by atoms with Crippen LogP contribution >= 0.6 is 0 Å². The molecule has 1 aromatic carbocycles. The summed E-state index contributed by atoms with van der Waals surface area (Å²) in [5, 5.41) is 5.32. The Labute approximate surface area is 161 Å². The summed E-state index contributed by atoms with van der Waals surface area (Å²) in [5.41, 5.74) is 0.893. The summed E-state index contributed by atoms with van der Waals surface area (Å²) in [6, 6.07) is 6.14. The smallest absolute Gasteiger partial charge is 0.332 e. The zero-order valence-corrected chi connectivity index (χ0v) is 16.3. The van der Waals surface area contributed by atoms with Crippen molar-refractivity contribution in [3.63, 3.8) is 0 Å². The molecule has 0 bridgehead atoms. The Kier molecular flexibility index (Phi) is 5.66. The summed E-state index contributed by atoms with van der Waals surface area (Å²) in [4.78, 5) is 37.0. The number of carbonyl (C=O) groups excluding carboxylic acids is 1. The highest BCUT2D eigenvalue weighted by atomic mass is 16.7. The number of anilines is 1. The van der Waals surface area contributed by atoms with Gasteiger partial charge in [0.1, 0.15) is 5.82 Å². The van der Waals surface area contributed by atoms with Gasteiger partial charge in [-0.1, -0.05) is 24.3 Å². The normalized spacial score (nSPS) is 15.9. The first-order valence-corrected chi connectivity index (χ1v) is 9.09. The fourth-order valence-electron chi connectivity index (χ4n) is 3.27.